The molecule has 1 amide bonds. The van der Waals surface area contributed by atoms with Gasteiger partial charge in [-0.05, 0) is 32.0 Å². The number of nitrogens with one attached hydrogen (secondary N) is 1. The van der Waals surface area contributed by atoms with Gasteiger partial charge in [-0.15, -0.1) is 0 Å². The fourth-order valence-corrected chi connectivity index (χ4v) is 2.11. The largest absolute Gasteiger partial charge is 0.369 e. The first-order valence-corrected chi connectivity index (χ1v) is 7.66. The molecule has 0 bridgehead atoms. The van der Waals surface area contributed by atoms with Crippen molar-refractivity contribution in [3.63, 3.8) is 0 Å². The fourth-order valence-electron chi connectivity index (χ4n) is 1.22. The molecule has 0 fully saturated rings. The standard InChI is InChI=1S/C11H13ClFNO4S/c1-7(2)18-6-11(15)14-8-3-4-10(9(13)5-8)19(12,16)17/h3-5,7H,6H2,1-2H3,(H,14,15). The van der Waals surface area contributed by atoms with Crippen molar-refractivity contribution in [3.8, 4) is 0 Å². The summed E-state index contributed by atoms with van der Waals surface area (Å²) in [5, 5.41) is 2.37. The lowest BCUT2D eigenvalue weighted by molar-refractivity contribution is -0.121. The van der Waals surface area contributed by atoms with Crippen molar-refractivity contribution in [3.05, 3.63) is 24.0 Å². The summed E-state index contributed by atoms with van der Waals surface area (Å²) < 4.78 is 40.5. The third kappa shape index (κ3) is 5.14. The summed E-state index contributed by atoms with van der Waals surface area (Å²) in [6, 6.07) is 3.10. The molecule has 1 N–H and O–H groups in total. The van der Waals surface area contributed by atoms with Gasteiger partial charge in [0.15, 0.2) is 0 Å². The maximum Gasteiger partial charge on any atom is 0.264 e. The van der Waals surface area contributed by atoms with E-state index < -0.39 is 25.7 Å². The van der Waals surface area contributed by atoms with Gasteiger partial charge in [0.25, 0.3) is 9.05 Å². The Bertz CT molecular complexity index is 574. The zero-order chi connectivity index (χ0) is 14.6. The molecule has 0 unspecified atom stereocenters. The second-order valence-electron chi connectivity index (χ2n) is 3.99. The summed E-state index contributed by atoms with van der Waals surface area (Å²) in [5.41, 5.74) is 0.124. The third-order valence-corrected chi connectivity index (χ3v) is 3.38. The van der Waals surface area contributed by atoms with E-state index in [1.807, 2.05) is 0 Å². The van der Waals surface area contributed by atoms with Crippen LogP contribution in [0, 0.1) is 5.82 Å². The molecule has 0 aliphatic carbocycles. The molecule has 0 saturated heterocycles. The molecule has 1 aromatic rings. The van der Waals surface area contributed by atoms with Crippen LogP contribution in [0.15, 0.2) is 23.1 Å². The first-order valence-electron chi connectivity index (χ1n) is 5.36. The average molecular weight is 310 g/mol. The van der Waals surface area contributed by atoms with E-state index in [4.69, 9.17) is 15.4 Å². The molecule has 1 aromatic carbocycles. The number of halogens is 2. The van der Waals surface area contributed by atoms with Crippen LogP contribution in [0.2, 0.25) is 0 Å². The lowest BCUT2D eigenvalue weighted by Gasteiger charge is -2.09. The molecule has 0 aromatic heterocycles. The molecular formula is C11H13ClFNO4S. The smallest absolute Gasteiger partial charge is 0.264 e. The van der Waals surface area contributed by atoms with Gasteiger partial charge in [-0.25, -0.2) is 12.8 Å². The SMILES string of the molecule is CC(C)OCC(=O)Nc1ccc(S(=O)(=O)Cl)c(F)c1. The van der Waals surface area contributed by atoms with Gasteiger partial charge in [0.05, 0.1) is 6.10 Å². The van der Waals surface area contributed by atoms with Crippen LogP contribution in [0.3, 0.4) is 0 Å². The Labute approximate surface area is 115 Å². The normalized spacial score (nSPS) is 11.6. The maximum absolute atomic E-state index is 13.5. The van der Waals surface area contributed by atoms with Crippen LogP contribution in [-0.2, 0) is 18.6 Å². The Morgan fingerprint density at radius 2 is 2.11 bits per heavy atom. The summed E-state index contributed by atoms with van der Waals surface area (Å²) in [6.07, 6.45) is -0.105. The molecule has 0 heterocycles. The first-order chi connectivity index (χ1) is 8.70. The van der Waals surface area contributed by atoms with E-state index in [0.717, 1.165) is 12.1 Å². The number of hydrogen-bond acceptors (Lipinski definition) is 4. The Balaban J connectivity index is 2.77. The van der Waals surface area contributed by atoms with Crippen molar-refractivity contribution in [1.29, 1.82) is 0 Å². The number of carbonyl (C=O) groups is 1. The minimum absolute atomic E-state index is 0.105. The number of anilines is 1. The van der Waals surface area contributed by atoms with E-state index in [1.165, 1.54) is 6.07 Å². The zero-order valence-corrected chi connectivity index (χ0v) is 11.9. The van der Waals surface area contributed by atoms with Crippen LogP contribution in [0.25, 0.3) is 0 Å². The highest BCUT2D eigenvalue weighted by Gasteiger charge is 2.16. The van der Waals surface area contributed by atoms with Gasteiger partial charge in [0.2, 0.25) is 5.91 Å². The second-order valence-corrected chi connectivity index (χ2v) is 6.53. The predicted octanol–water partition coefficient (Wildman–Crippen LogP) is 2.12. The minimum Gasteiger partial charge on any atom is -0.369 e. The molecule has 5 nitrogen and oxygen atoms in total. The fraction of sp³-hybridized carbons (Fsp3) is 0.364. The topological polar surface area (TPSA) is 72.5 Å². The van der Waals surface area contributed by atoms with Gasteiger partial charge < -0.3 is 10.1 Å². The molecule has 0 aliphatic rings. The van der Waals surface area contributed by atoms with Crippen LogP contribution >= 0.6 is 10.7 Å². The van der Waals surface area contributed by atoms with Gasteiger partial charge in [0.1, 0.15) is 17.3 Å². The molecular weight excluding hydrogens is 297 g/mol. The summed E-state index contributed by atoms with van der Waals surface area (Å²) in [6.45, 7) is 3.37. The van der Waals surface area contributed by atoms with E-state index in [9.17, 15) is 17.6 Å². The number of carbonyl (C=O) groups excluding carboxylic acids is 1. The Morgan fingerprint density at radius 3 is 2.58 bits per heavy atom. The summed E-state index contributed by atoms with van der Waals surface area (Å²) >= 11 is 0. The second kappa shape index (κ2) is 6.31. The first kappa shape index (κ1) is 15.9. The monoisotopic (exact) mass is 309 g/mol. The molecule has 0 atom stereocenters. The number of rotatable bonds is 5. The van der Waals surface area contributed by atoms with Crippen molar-refractivity contribution in [2.45, 2.75) is 24.8 Å². The van der Waals surface area contributed by atoms with Gasteiger partial charge >= 0.3 is 0 Å². The maximum atomic E-state index is 13.5. The lowest BCUT2D eigenvalue weighted by Crippen LogP contribution is -2.20. The lowest BCUT2D eigenvalue weighted by atomic mass is 10.3. The number of amides is 1. The Hall–Kier alpha value is -1.18. The van der Waals surface area contributed by atoms with Crippen molar-refractivity contribution in [1.82, 2.24) is 0 Å². The van der Waals surface area contributed by atoms with Gasteiger partial charge in [-0.1, -0.05) is 0 Å². The van der Waals surface area contributed by atoms with Gasteiger partial charge in [-0.2, -0.15) is 0 Å². The summed E-state index contributed by atoms with van der Waals surface area (Å²) in [5.74, 6) is -1.49. The third-order valence-electron chi connectivity index (χ3n) is 2.03. The molecule has 0 spiro atoms. The van der Waals surface area contributed by atoms with Gasteiger partial charge in [-0.3, -0.25) is 4.79 Å². The van der Waals surface area contributed by atoms with Crippen molar-refractivity contribution >= 4 is 31.3 Å². The molecule has 1 rings (SSSR count). The van der Waals surface area contributed by atoms with E-state index in [0.29, 0.717) is 0 Å². The van der Waals surface area contributed by atoms with E-state index in [-0.39, 0.29) is 18.4 Å². The Morgan fingerprint density at radius 1 is 1.47 bits per heavy atom. The van der Waals surface area contributed by atoms with Crippen LogP contribution in [-0.4, -0.2) is 27.0 Å². The molecule has 19 heavy (non-hydrogen) atoms. The van der Waals surface area contributed by atoms with Gasteiger partial charge in [0, 0.05) is 16.4 Å². The molecule has 8 heteroatoms. The van der Waals surface area contributed by atoms with Crippen LogP contribution in [0.5, 0.6) is 0 Å². The molecule has 106 valence electrons. The Kier molecular flexibility index (Phi) is 5.28. The van der Waals surface area contributed by atoms with E-state index >= 15 is 0 Å². The predicted molar refractivity (Wildman–Crippen MR) is 69.2 cm³/mol. The highest BCUT2D eigenvalue weighted by Crippen LogP contribution is 2.22. The van der Waals surface area contributed by atoms with Crippen molar-refractivity contribution in [2.75, 3.05) is 11.9 Å². The zero-order valence-electron chi connectivity index (χ0n) is 10.3. The van der Waals surface area contributed by atoms with E-state index in [1.54, 1.807) is 13.8 Å². The summed E-state index contributed by atoms with van der Waals surface area (Å²) in [7, 11) is 0.891. The summed E-state index contributed by atoms with van der Waals surface area (Å²) in [4.78, 5) is 10.8. The number of ether oxygens (including phenoxy) is 1. The minimum atomic E-state index is -4.14. The van der Waals surface area contributed by atoms with Crippen molar-refractivity contribution < 1.29 is 22.3 Å². The molecule has 0 aliphatic heterocycles. The molecule has 0 radical (unpaired) electrons. The highest BCUT2D eigenvalue weighted by molar-refractivity contribution is 8.13. The van der Waals surface area contributed by atoms with Crippen LogP contribution in [0.1, 0.15) is 13.8 Å². The highest BCUT2D eigenvalue weighted by atomic mass is 35.7. The number of benzene rings is 1. The molecule has 0 saturated carbocycles. The quantitative estimate of drug-likeness (QED) is 0.846. The average Bonchev–Trinajstić information content (AvgIpc) is 2.24. The van der Waals surface area contributed by atoms with Crippen LogP contribution in [0.4, 0.5) is 10.1 Å². The van der Waals surface area contributed by atoms with Crippen LogP contribution < -0.4 is 5.32 Å². The number of hydrogen-bond donors (Lipinski definition) is 1. The van der Waals surface area contributed by atoms with E-state index in [2.05, 4.69) is 5.32 Å². The van der Waals surface area contributed by atoms with Crippen molar-refractivity contribution in [2.24, 2.45) is 0 Å².